The van der Waals surface area contributed by atoms with Crippen molar-refractivity contribution in [3.05, 3.63) is 29.3 Å². The quantitative estimate of drug-likeness (QED) is 0.799. The molecule has 1 aromatic rings. The van der Waals surface area contributed by atoms with Gasteiger partial charge in [-0.25, -0.2) is 0 Å². The average molecular weight is 381 g/mol. The van der Waals surface area contributed by atoms with Crippen molar-refractivity contribution in [2.45, 2.75) is 38.5 Å². The average Bonchev–Trinajstić information content (AvgIpc) is 3.34. The minimum Gasteiger partial charge on any atom is -0.339 e. The van der Waals surface area contributed by atoms with E-state index in [1.54, 1.807) is 4.90 Å². The SMILES string of the molecule is O=C(C1CC1)N1CCN(C(=O)C2CC(=O)N(c3ccc4c(c3)CCC4)C2)CC1. The maximum absolute atomic E-state index is 13.0. The monoisotopic (exact) mass is 381 g/mol. The molecular formula is C22H27N3O3. The Labute approximate surface area is 165 Å². The van der Waals surface area contributed by atoms with Crippen LogP contribution in [-0.2, 0) is 27.2 Å². The van der Waals surface area contributed by atoms with Gasteiger partial charge in [-0.1, -0.05) is 6.07 Å². The third-order valence-electron chi connectivity index (χ3n) is 6.70. The summed E-state index contributed by atoms with van der Waals surface area (Å²) < 4.78 is 0. The first-order valence-electron chi connectivity index (χ1n) is 10.6. The van der Waals surface area contributed by atoms with Gasteiger partial charge in [-0.2, -0.15) is 0 Å². The van der Waals surface area contributed by atoms with E-state index in [1.807, 2.05) is 15.9 Å². The van der Waals surface area contributed by atoms with Gasteiger partial charge >= 0.3 is 0 Å². The molecule has 1 unspecified atom stereocenters. The van der Waals surface area contributed by atoms with E-state index in [2.05, 4.69) is 12.1 Å². The van der Waals surface area contributed by atoms with Gasteiger partial charge in [-0.3, -0.25) is 14.4 Å². The van der Waals surface area contributed by atoms with Crippen molar-refractivity contribution in [2.24, 2.45) is 11.8 Å². The second-order valence-electron chi connectivity index (χ2n) is 8.64. The van der Waals surface area contributed by atoms with Crippen LogP contribution in [0.15, 0.2) is 18.2 Å². The standard InChI is InChI=1S/C22H27N3O3/c26-20-13-18(14-25(20)19-7-6-15-2-1-3-17(15)12-19)22(28)24-10-8-23(9-11-24)21(27)16-4-5-16/h6-7,12,16,18H,1-5,8-11,13-14H2. The molecule has 148 valence electrons. The molecule has 3 fully saturated rings. The number of piperazine rings is 1. The highest BCUT2D eigenvalue weighted by Crippen LogP contribution is 2.32. The first kappa shape index (κ1) is 17.7. The molecule has 0 radical (unpaired) electrons. The summed E-state index contributed by atoms with van der Waals surface area (Å²) in [6, 6.07) is 6.29. The molecule has 0 bridgehead atoms. The lowest BCUT2D eigenvalue weighted by Gasteiger charge is -2.36. The summed E-state index contributed by atoms with van der Waals surface area (Å²) in [5.41, 5.74) is 3.67. The largest absolute Gasteiger partial charge is 0.339 e. The lowest BCUT2D eigenvalue weighted by molar-refractivity contribution is -0.142. The molecule has 1 atom stereocenters. The number of carbonyl (C=O) groups excluding carboxylic acids is 3. The second-order valence-corrected chi connectivity index (χ2v) is 8.64. The van der Waals surface area contributed by atoms with Gasteiger partial charge in [-0.15, -0.1) is 0 Å². The Kier molecular flexibility index (Phi) is 4.37. The van der Waals surface area contributed by atoms with Crippen LogP contribution in [0, 0.1) is 11.8 Å². The highest BCUT2D eigenvalue weighted by atomic mass is 16.2. The summed E-state index contributed by atoms with van der Waals surface area (Å²) in [6.45, 7) is 2.88. The first-order chi connectivity index (χ1) is 13.6. The first-order valence-corrected chi connectivity index (χ1v) is 10.6. The molecule has 6 nitrogen and oxygen atoms in total. The highest BCUT2D eigenvalue weighted by molar-refractivity contribution is 6.00. The topological polar surface area (TPSA) is 60.9 Å². The van der Waals surface area contributed by atoms with Gasteiger partial charge in [0.1, 0.15) is 0 Å². The van der Waals surface area contributed by atoms with E-state index < -0.39 is 0 Å². The summed E-state index contributed by atoms with van der Waals surface area (Å²) in [4.78, 5) is 43.3. The van der Waals surface area contributed by atoms with Gasteiger partial charge in [0, 0.05) is 50.7 Å². The van der Waals surface area contributed by atoms with Gasteiger partial charge in [0.05, 0.1) is 5.92 Å². The van der Waals surface area contributed by atoms with Gasteiger partial charge in [0.25, 0.3) is 0 Å². The zero-order valence-corrected chi connectivity index (χ0v) is 16.2. The number of benzene rings is 1. The molecule has 3 amide bonds. The smallest absolute Gasteiger partial charge is 0.228 e. The van der Waals surface area contributed by atoms with Crippen LogP contribution in [0.5, 0.6) is 0 Å². The number of aryl methyl sites for hydroxylation is 2. The number of nitrogens with zero attached hydrogens (tertiary/aromatic N) is 3. The summed E-state index contributed by atoms with van der Waals surface area (Å²) >= 11 is 0. The molecule has 4 aliphatic rings. The fraction of sp³-hybridized carbons (Fsp3) is 0.591. The van der Waals surface area contributed by atoms with Crippen LogP contribution in [0.2, 0.25) is 0 Å². The van der Waals surface area contributed by atoms with Crippen LogP contribution in [0.25, 0.3) is 0 Å². The zero-order chi connectivity index (χ0) is 19.3. The number of anilines is 1. The maximum Gasteiger partial charge on any atom is 0.228 e. The predicted molar refractivity (Wildman–Crippen MR) is 105 cm³/mol. The van der Waals surface area contributed by atoms with Crippen LogP contribution >= 0.6 is 0 Å². The highest BCUT2D eigenvalue weighted by Gasteiger charge is 2.39. The van der Waals surface area contributed by atoms with E-state index in [0.717, 1.165) is 31.4 Å². The molecule has 0 aromatic heterocycles. The summed E-state index contributed by atoms with van der Waals surface area (Å²) in [7, 11) is 0. The van der Waals surface area contributed by atoms with Gasteiger partial charge in [-0.05, 0) is 55.4 Å². The Morgan fingerprint density at radius 2 is 1.50 bits per heavy atom. The van der Waals surface area contributed by atoms with Crippen molar-refractivity contribution in [3.63, 3.8) is 0 Å². The molecular weight excluding hydrogens is 354 g/mol. The van der Waals surface area contributed by atoms with Crippen LogP contribution in [0.4, 0.5) is 5.69 Å². The molecule has 6 heteroatoms. The summed E-state index contributed by atoms with van der Waals surface area (Å²) in [6.07, 6.45) is 5.71. The summed E-state index contributed by atoms with van der Waals surface area (Å²) in [5, 5.41) is 0. The second kappa shape index (κ2) is 6.90. The van der Waals surface area contributed by atoms with E-state index >= 15 is 0 Å². The minimum atomic E-state index is -0.272. The molecule has 1 aromatic carbocycles. The third-order valence-corrected chi connectivity index (χ3v) is 6.70. The van der Waals surface area contributed by atoms with Crippen LogP contribution in [0.3, 0.4) is 0 Å². The fourth-order valence-corrected chi connectivity index (χ4v) is 4.84. The molecule has 0 N–H and O–H groups in total. The Hall–Kier alpha value is -2.37. The van der Waals surface area contributed by atoms with Crippen molar-refractivity contribution in [1.29, 1.82) is 0 Å². The zero-order valence-electron chi connectivity index (χ0n) is 16.2. The van der Waals surface area contributed by atoms with Crippen molar-refractivity contribution < 1.29 is 14.4 Å². The van der Waals surface area contributed by atoms with E-state index in [0.29, 0.717) is 32.7 Å². The molecule has 2 saturated heterocycles. The van der Waals surface area contributed by atoms with Crippen molar-refractivity contribution in [3.8, 4) is 0 Å². The van der Waals surface area contributed by atoms with E-state index in [9.17, 15) is 14.4 Å². The number of amides is 3. The number of rotatable bonds is 3. The predicted octanol–water partition coefficient (Wildman–Crippen LogP) is 1.61. The van der Waals surface area contributed by atoms with Crippen molar-refractivity contribution in [1.82, 2.24) is 9.80 Å². The van der Waals surface area contributed by atoms with Crippen molar-refractivity contribution in [2.75, 3.05) is 37.6 Å². The number of carbonyl (C=O) groups is 3. The molecule has 5 rings (SSSR count). The van der Waals surface area contributed by atoms with E-state index in [-0.39, 0.29) is 36.0 Å². The Morgan fingerprint density at radius 3 is 2.18 bits per heavy atom. The lowest BCUT2D eigenvalue weighted by atomic mass is 10.1. The molecule has 28 heavy (non-hydrogen) atoms. The Balaban J connectivity index is 1.21. The Morgan fingerprint density at radius 1 is 0.857 bits per heavy atom. The molecule has 1 saturated carbocycles. The molecule has 2 aliphatic carbocycles. The van der Waals surface area contributed by atoms with Crippen molar-refractivity contribution >= 4 is 23.4 Å². The summed E-state index contributed by atoms with van der Waals surface area (Å²) in [5.74, 6) is 0.322. The Bertz CT molecular complexity index is 824. The molecule has 2 heterocycles. The maximum atomic E-state index is 13.0. The number of hydrogen-bond donors (Lipinski definition) is 0. The number of hydrogen-bond acceptors (Lipinski definition) is 3. The van der Waals surface area contributed by atoms with Crippen LogP contribution in [-0.4, -0.2) is 60.2 Å². The van der Waals surface area contributed by atoms with E-state index in [4.69, 9.17) is 0 Å². The van der Waals surface area contributed by atoms with Gasteiger partial charge < -0.3 is 14.7 Å². The van der Waals surface area contributed by atoms with Gasteiger partial charge in [0.2, 0.25) is 17.7 Å². The normalized spacial score (nSPS) is 24.6. The molecule has 2 aliphatic heterocycles. The minimum absolute atomic E-state index is 0.0406. The number of fused-ring (bicyclic) bond motifs is 1. The van der Waals surface area contributed by atoms with Crippen LogP contribution < -0.4 is 4.90 Å². The van der Waals surface area contributed by atoms with Gasteiger partial charge in [0.15, 0.2) is 0 Å². The molecule has 0 spiro atoms. The lowest BCUT2D eigenvalue weighted by Crippen LogP contribution is -2.52. The third kappa shape index (κ3) is 3.19. The van der Waals surface area contributed by atoms with Crippen LogP contribution in [0.1, 0.15) is 36.8 Å². The van der Waals surface area contributed by atoms with E-state index in [1.165, 1.54) is 17.5 Å². The fourth-order valence-electron chi connectivity index (χ4n) is 4.84.